The number of nitrogens with zero attached hydrogens (tertiary/aromatic N) is 2. The lowest BCUT2D eigenvalue weighted by Gasteiger charge is -2.14. The molecule has 1 fully saturated rings. The number of hydrogen-bond donors (Lipinski definition) is 2. The predicted octanol–water partition coefficient (Wildman–Crippen LogP) is 4.23. The molecule has 2 aromatic heterocycles. The number of alkyl halides is 3. The van der Waals surface area contributed by atoms with E-state index in [0.29, 0.717) is 16.9 Å². The SMILES string of the molecule is Nc1ccc(-c2ccc(CC(=O)Nc3cc(C4(C(F)(F)F)CC4)on3)c(F)c2)cn1. The van der Waals surface area contributed by atoms with Crippen molar-refractivity contribution in [2.75, 3.05) is 11.1 Å². The van der Waals surface area contributed by atoms with E-state index in [1.54, 1.807) is 18.2 Å². The van der Waals surface area contributed by atoms with E-state index in [9.17, 15) is 22.4 Å². The molecule has 156 valence electrons. The largest absolute Gasteiger partial charge is 0.401 e. The molecule has 0 bridgehead atoms. The van der Waals surface area contributed by atoms with Crippen LogP contribution in [-0.4, -0.2) is 22.2 Å². The van der Waals surface area contributed by atoms with Crippen LogP contribution in [0.3, 0.4) is 0 Å². The number of amides is 1. The smallest absolute Gasteiger partial charge is 0.384 e. The van der Waals surface area contributed by atoms with Crippen molar-refractivity contribution in [1.82, 2.24) is 10.1 Å². The summed E-state index contributed by atoms with van der Waals surface area (Å²) >= 11 is 0. The van der Waals surface area contributed by atoms with E-state index < -0.39 is 23.3 Å². The van der Waals surface area contributed by atoms with E-state index in [2.05, 4.69) is 15.5 Å². The molecule has 0 radical (unpaired) electrons. The highest BCUT2D eigenvalue weighted by Gasteiger charge is 2.66. The predicted molar refractivity (Wildman–Crippen MR) is 99.8 cm³/mol. The Morgan fingerprint density at radius 1 is 1.17 bits per heavy atom. The molecule has 1 aliphatic rings. The zero-order chi connectivity index (χ0) is 21.5. The van der Waals surface area contributed by atoms with Crippen LogP contribution in [0.15, 0.2) is 47.1 Å². The molecule has 2 heterocycles. The Morgan fingerprint density at radius 3 is 2.50 bits per heavy atom. The monoisotopic (exact) mass is 420 g/mol. The number of halogens is 4. The lowest BCUT2D eigenvalue weighted by Crippen LogP contribution is -2.28. The number of rotatable bonds is 5. The summed E-state index contributed by atoms with van der Waals surface area (Å²) in [5.41, 5.74) is 4.85. The summed E-state index contributed by atoms with van der Waals surface area (Å²) in [6.45, 7) is 0. The minimum atomic E-state index is -4.45. The van der Waals surface area contributed by atoms with Crippen molar-refractivity contribution in [1.29, 1.82) is 0 Å². The van der Waals surface area contributed by atoms with Crippen molar-refractivity contribution in [3.63, 3.8) is 0 Å². The third-order valence-corrected chi connectivity index (χ3v) is 5.07. The Morgan fingerprint density at radius 2 is 1.90 bits per heavy atom. The van der Waals surface area contributed by atoms with E-state index in [1.165, 1.54) is 18.3 Å². The van der Waals surface area contributed by atoms with Crippen LogP contribution < -0.4 is 11.1 Å². The standard InChI is InChI=1S/C20H16F4N4O2/c21-14-7-11(13-3-4-16(25)26-10-13)1-2-12(14)8-18(29)27-17-9-15(30-28-17)19(5-6-19)20(22,23)24/h1-4,7,9-10H,5-6,8H2,(H2,25,26)(H,27,28,29). The zero-order valence-corrected chi connectivity index (χ0v) is 15.5. The molecule has 0 unspecified atom stereocenters. The highest BCUT2D eigenvalue weighted by molar-refractivity contribution is 5.91. The van der Waals surface area contributed by atoms with Crippen LogP contribution in [0.5, 0.6) is 0 Å². The van der Waals surface area contributed by atoms with Gasteiger partial charge in [-0.1, -0.05) is 17.3 Å². The minimum Gasteiger partial charge on any atom is -0.384 e. The molecule has 4 rings (SSSR count). The van der Waals surface area contributed by atoms with Crippen LogP contribution in [0, 0.1) is 5.82 Å². The molecular weight excluding hydrogens is 404 g/mol. The Balaban J connectivity index is 1.43. The Bertz CT molecular complexity index is 1090. The van der Waals surface area contributed by atoms with Crippen molar-refractivity contribution in [3.8, 4) is 11.1 Å². The van der Waals surface area contributed by atoms with Crippen LogP contribution in [-0.2, 0) is 16.6 Å². The van der Waals surface area contributed by atoms with Gasteiger partial charge in [0.05, 0.1) is 6.42 Å². The average molecular weight is 420 g/mol. The summed E-state index contributed by atoms with van der Waals surface area (Å²) in [5.74, 6) is -1.37. The molecule has 0 atom stereocenters. The van der Waals surface area contributed by atoms with E-state index in [0.717, 1.165) is 6.07 Å². The molecule has 1 aromatic carbocycles. The molecule has 1 aliphatic carbocycles. The van der Waals surface area contributed by atoms with Gasteiger partial charge in [0, 0.05) is 17.8 Å². The van der Waals surface area contributed by atoms with Gasteiger partial charge < -0.3 is 15.6 Å². The number of pyridine rings is 1. The number of hydrogen-bond acceptors (Lipinski definition) is 5. The number of carbonyl (C=O) groups excluding carboxylic acids is 1. The normalized spacial score (nSPS) is 15.1. The first-order valence-electron chi connectivity index (χ1n) is 9.02. The van der Waals surface area contributed by atoms with Gasteiger partial charge in [-0.3, -0.25) is 4.79 Å². The quantitative estimate of drug-likeness (QED) is 0.603. The van der Waals surface area contributed by atoms with Crippen molar-refractivity contribution in [2.24, 2.45) is 0 Å². The lowest BCUT2D eigenvalue weighted by atomic mass is 10.0. The van der Waals surface area contributed by atoms with Gasteiger partial charge in [0.25, 0.3) is 0 Å². The second-order valence-corrected chi connectivity index (χ2v) is 7.16. The Hall–Kier alpha value is -3.43. The fourth-order valence-electron chi connectivity index (χ4n) is 3.16. The summed E-state index contributed by atoms with van der Waals surface area (Å²) in [6, 6.07) is 8.70. The summed E-state index contributed by atoms with van der Waals surface area (Å²) in [6.07, 6.45) is -3.43. The van der Waals surface area contributed by atoms with Crippen LogP contribution in [0.1, 0.15) is 24.2 Å². The Labute approximate surface area is 168 Å². The molecule has 3 aromatic rings. The summed E-state index contributed by atoms with van der Waals surface area (Å²) < 4.78 is 58.6. The Kier molecular flexibility index (Phi) is 4.71. The fourth-order valence-corrected chi connectivity index (χ4v) is 3.16. The minimum absolute atomic E-state index is 0.0832. The maximum absolute atomic E-state index is 14.4. The van der Waals surface area contributed by atoms with Gasteiger partial charge in [-0.05, 0) is 42.2 Å². The number of aromatic nitrogens is 2. The van der Waals surface area contributed by atoms with Gasteiger partial charge in [0.1, 0.15) is 17.1 Å². The van der Waals surface area contributed by atoms with Gasteiger partial charge in [-0.2, -0.15) is 13.2 Å². The fraction of sp³-hybridized carbons (Fsp3) is 0.250. The number of anilines is 2. The first-order valence-corrected chi connectivity index (χ1v) is 9.02. The third-order valence-electron chi connectivity index (χ3n) is 5.07. The van der Waals surface area contributed by atoms with Crippen molar-refractivity contribution < 1.29 is 26.9 Å². The highest BCUT2D eigenvalue weighted by Crippen LogP contribution is 2.59. The molecule has 3 N–H and O–H groups in total. The molecular formula is C20H16F4N4O2. The third kappa shape index (κ3) is 3.72. The lowest BCUT2D eigenvalue weighted by molar-refractivity contribution is -0.165. The second kappa shape index (κ2) is 7.12. The number of nitrogen functional groups attached to an aromatic ring is 1. The van der Waals surface area contributed by atoms with Gasteiger partial charge in [-0.25, -0.2) is 9.37 Å². The maximum Gasteiger partial charge on any atom is 0.401 e. The number of nitrogens with one attached hydrogen (secondary N) is 1. The van der Waals surface area contributed by atoms with Gasteiger partial charge >= 0.3 is 6.18 Å². The van der Waals surface area contributed by atoms with Crippen molar-refractivity contribution in [2.45, 2.75) is 30.9 Å². The second-order valence-electron chi connectivity index (χ2n) is 7.16. The summed E-state index contributed by atoms with van der Waals surface area (Å²) in [7, 11) is 0. The summed E-state index contributed by atoms with van der Waals surface area (Å²) in [5, 5.41) is 5.82. The molecule has 1 amide bonds. The van der Waals surface area contributed by atoms with Gasteiger partial charge in [0.2, 0.25) is 5.91 Å². The molecule has 0 aliphatic heterocycles. The first kappa shape index (κ1) is 19.9. The van der Waals surface area contributed by atoms with Crippen LogP contribution in [0.25, 0.3) is 11.1 Å². The van der Waals surface area contributed by atoms with E-state index in [1.807, 2.05) is 0 Å². The van der Waals surface area contributed by atoms with Crippen LogP contribution in [0.4, 0.5) is 29.2 Å². The van der Waals surface area contributed by atoms with Crippen LogP contribution in [0.2, 0.25) is 0 Å². The number of benzene rings is 1. The molecule has 1 saturated carbocycles. The van der Waals surface area contributed by atoms with Gasteiger partial charge in [-0.15, -0.1) is 0 Å². The van der Waals surface area contributed by atoms with Gasteiger partial charge in [0.15, 0.2) is 11.6 Å². The highest BCUT2D eigenvalue weighted by atomic mass is 19.4. The number of carbonyl (C=O) groups is 1. The summed E-state index contributed by atoms with van der Waals surface area (Å²) in [4.78, 5) is 16.1. The molecule has 0 spiro atoms. The van der Waals surface area contributed by atoms with Crippen LogP contribution >= 0.6 is 0 Å². The maximum atomic E-state index is 14.4. The molecule has 6 nitrogen and oxygen atoms in total. The van der Waals surface area contributed by atoms with E-state index in [-0.39, 0.29) is 36.4 Å². The van der Waals surface area contributed by atoms with E-state index in [4.69, 9.17) is 10.3 Å². The molecule has 0 saturated heterocycles. The zero-order valence-electron chi connectivity index (χ0n) is 15.5. The molecule has 10 heteroatoms. The topological polar surface area (TPSA) is 94.0 Å². The molecule has 30 heavy (non-hydrogen) atoms. The van der Waals surface area contributed by atoms with Crippen molar-refractivity contribution in [3.05, 3.63) is 59.7 Å². The van der Waals surface area contributed by atoms with Crippen molar-refractivity contribution >= 4 is 17.5 Å². The van der Waals surface area contributed by atoms with E-state index >= 15 is 0 Å². The number of nitrogens with two attached hydrogens (primary N) is 1. The average Bonchev–Trinajstić information content (AvgIpc) is 3.38. The first-order chi connectivity index (χ1) is 14.2.